The number of halogens is 1. The van der Waals surface area contributed by atoms with Crippen LogP contribution in [0.2, 0.25) is 0 Å². The first-order valence-electron chi connectivity index (χ1n) is 4.37. The molecule has 1 rings (SSSR count). The molecule has 0 bridgehead atoms. The first-order chi connectivity index (χ1) is 7.52. The number of amides is 2. The van der Waals surface area contributed by atoms with Gasteiger partial charge in [-0.05, 0) is 6.07 Å². The number of hydrogen-bond acceptors (Lipinski definition) is 4. The van der Waals surface area contributed by atoms with Crippen molar-refractivity contribution in [3.8, 4) is 0 Å². The molecule has 16 heavy (non-hydrogen) atoms. The van der Waals surface area contributed by atoms with Gasteiger partial charge in [0.05, 0.1) is 18.3 Å². The topological polar surface area (TPSA) is 105 Å². The number of aromatic nitrogens is 1. The molecular formula is C9H10FN3O3. The summed E-state index contributed by atoms with van der Waals surface area (Å²) in [4.78, 5) is 25.3. The summed E-state index contributed by atoms with van der Waals surface area (Å²) in [7, 11) is 0. The van der Waals surface area contributed by atoms with Gasteiger partial charge in [-0.25, -0.2) is 4.39 Å². The highest BCUT2D eigenvalue weighted by atomic mass is 19.1. The van der Waals surface area contributed by atoms with Gasteiger partial charge in [0.1, 0.15) is 6.10 Å². The van der Waals surface area contributed by atoms with E-state index in [-0.39, 0.29) is 12.1 Å². The monoisotopic (exact) mass is 227 g/mol. The lowest BCUT2D eigenvalue weighted by Crippen LogP contribution is -2.40. The maximum Gasteiger partial charge on any atom is 0.254 e. The van der Waals surface area contributed by atoms with E-state index in [0.29, 0.717) is 0 Å². The quantitative estimate of drug-likeness (QED) is 0.600. The highest BCUT2D eigenvalue weighted by Gasteiger charge is 2.15. The first kappa shape index (κ1) is 12.1. The van der Waals surface area contributed by atoms with E-state index in [0.717, 1.165) is 6.20 Å². The van der Waals surface area contributed by atoms with Crippen molar-refractivity contribution >= 4 is 11.8 Å². The molecule has 0 radical (unpaired) electrons. The molecule has 1 heterocycles. The lowest BCUT2D eigenvalue weighted by atomic mass is 10.2. The van der Waals surface area contributed by atoms with E-state index >= 15 is 0 Å². The van der Waals surface area contributed by atoms with E-state index in [2.05, 4.69) is 10.3 Å². The van der Waals surface area contributed by atoms with Crippen LogP contribution in [0.4, 0.5) is 4.39 Å². The second kappa shape index (κ2) is 5.17. The molecule has 0 aliphatic heterocycles. The number of carbonyl (C=O) groups excluding carboxylic acids is 2. The molecule has 0 spiro atoms. The molecule has 1 aromatic rings. The molecule has 6 nitrogen and oxygen atoms in total. The third-order valence-corrected chi connectivity index (χ3v) is 1.80. The number of nitrogens with zero attached hydrogens (tertiary/aromatic N) is 1. The fourth-order valence-electron chi connectivity index (χ4n) is 0.945. The second-order valence-corrected chi connectivity index (χ2v) is 2.98. The Balaban J connectivity index is 2.60. The number of pyridine rings is 1. The Morgan fingerprint density at radius 3 is 2.88 bits per heavy atom. The highest BCUT2D eigenvalue weighted by Crippen LogP contribution is 2.03. The molecular weight excluding hydrogens is 217 g/mol. The number of carbonyl (C=O) groups is 2. The molecule has 0 saturated heterocycles. The lowest BCUT2D eigenvalue weighted by Gasteiger charge is -2.08. The van der Waals surface area contributed by atoms with Gasteiger partial charge in [0.25, 0.3) is 5.91 Å². The van der Waals surface area contributed by atoms with Gasteiger partial charge in [0, 0.05) is 6.20 Å². The SMILES string of the molecule is NC(=O)C(O)CNC(=O)c1ccncc1F. The van der Waals surface area contributed by atoms with Crippen LogP contribution in [0, 0.1) is 5.82 Å². The highest BCUT2D eigenvalue weighted by molar-refractivity contribution is 5.94. The van der Waals surface area contributed by atoms with Crippen LogP contribution in [0.1, 0.15) is 10.4 Å². The Morgan fingerprint density at radius 2 is 2.31 bits per heavy atom. The standard InChI is InChI=1S/C9H10FN3O3/c10-6-3-12-2-1-5(6)9(16)13-4-7(14)8(11)15/h1-3,7,14H,4H2,(H2,11,15)(H,13,16). The molecule has 7 heteroatoms. The van der Waals surface area contributed by atoms with Gasteiger partial charge in [0.2, 0.25) is 5.91 Å². The molecule has 86 valence electrons. The summed E-state index contributed by atoms with van der Waals surface area (Å²) in [6.45, 7) is -0.365. The molecule has 1 unspecified atom stereocenters. The van der Waals surface area contributed by atoms with Crippen LogP contribution in [0.5, 0.6) is 0 Å². The Bertz CT molecular complexity index is 411. The van der Waals surface area contributed by atoms with Crippen LogP contribution in [-0.4, -0.2) is 34.6 Å². The second-order valence-electron chi connectivity index (χ2n) is 2.98. The Morgan fingerprint density at radius 1 is 1.62 bits per heavy atom. The van der Waals surface area contributed by atoms with Crippen molar-refractivity contribution in [2.45, 2.75) is 6.10 Å². The van der Waals surface area contributed by atoms with Gasteiger partial charge in [-0.2, -0.15) is 0 Å². The summed E-state index contributed by atoms with van der Waals surface area (Å²) in [6, 6.07) is 1.18. The molecule has 0 aliphatic rings. The van der Waals surface area contributed by atoms with E-state index in [1.54, 1.807) is 0 Å². The third kappa shape index (κ3) is 2.99. The van der Waals surface area contributed by atoms with Crippen molar-refractivity contribution in [3.05, 3.63) is 29.8 Å². The maximum atomic E-state index is 13.0. The summed E-state index contributed by atoms with van der Waals surface area (Å²) in [5, 5.41) is 11.2. The van der Waals surface area contributed by atoms with Crippen LogP contribution in [-0.2, 0) is 4.79 Å². The molecule has 1 atom stereocenters. The Kier molecular flexibility index (Phi) is 3.90. The Labute approximate surface area is 90.3 Å². The van der Waals surface area contributed by atoms with E-state index < -0.39 is 23.7 Å². The number of rotatable bonds is 4. The molecule has 1 aromatic heterocycles. The summed E-state index contributed by atoms with van der Waals surface area (Å²) in [5.41, 5.74) is 4.55. The van der Waals surface area contributed by atoms with Crippen LogP contribution in [0.3, 0.4) is 0 Å². The molecule has 2 amide bonds. The largest absolute Gasteiger partial charge is 0.381 e. The average molecular weight is 227 g/mol. The van der Waals surface area contributed by atoms with Gasteiger partial charge in [-0.1, -0.05) is 0 Å². The van der Waals surface area contributed by atoms with Crippen molar-refractivity contribution in [1.82, 2.24) is 10.3 Å². The third-order valence-electron chi connectivity index (χ3n) is 1.80. The number of nitrogens with one attached hydrogen (secondary N) is 1. The zero-order chi connectivity index (χ0) is 12.1. The van der Waals surface area contributed by atoms with Crippen molar-refractivity contribution < 1.29 is 19.1 Å². The predicted molar refractivity (Wildman–Crippen MR) is 51.7 cm³/mol. The number of aliphatic hydroxyl groups excluding tert-OH is 1. The van der Waals surface area contributed by atoms with Gasteiger partial charge in [-0.15, -0.1) is 0 Å². The minimum Gasteiger partial charge on any atom is -0.381 e. The van der Waals surface area contributed by atoms with Gasteiger partial charge in [-0.3, -0.25) is 14.6 Å². The summed E-state index contributed by atoms with van der Waals surface area (Å²) < 4.78 is 13.0. The van der Waals surface area contributed by atoms with Crippen molar-refractivity contribution in [2.24, 2.45) is 5.73 Å². The average Bonchev–Trinajstić information content (AvgIpc) is 2.25. The van der Waals surface area contributed by atoms with E-state index in [4.69, 9.17) is 10.8 Å². The van der Waals surface area contributed by atoms with Crippen LogP contribution < -0.4 is 11.1 Å². The van der Waals surface area contributed by atoms with E-state index in [1.165, 1.54) is 12.3 Å². The summed E-state index contributed by atoms with van der Waals surface area (Å²) >= 11 is 0. The number of primary amides is 1. The van der Waals surface area contributed by atoms with Gasteiger partial charge < -0.3 is 16.2 Å². The molecule has 4 N–H and O–H groups in total. The molecule has 0 aliphatic carbocycles. The smallest absolute Gasteiger partial charge is 0.254 e. The fraction of sp³-hybridized carbons (Fsp3) is 0.222. The van der Waals surface area contributed by atoms with Crippen molar-refractivity contribution in [2.75, 3.05) is 6.54 Å². The summed E-state index contributed by atoms with van der Waals surface area (Å²) in [5.74, 6) is -2.50. The minimum atomic E-state index is -1.49. The number of hydrogen-bond donors (Lipinski definition) is 3. The Hall–Kier alpha value is -2.02. The zero-order valence-corrected chi connectivity index (χ0v) is 8.18. The van der Waals surface area contributed by atoms with Crippen LogP contribution in [0.25, 0.3) is 0 Å². The maximum absolute atomic E-state index is 13.0. The van der Waals surface area contributed by atoms with E-state index in [1.807, 2.05) is 0 Å². The van der Waals surface area contributed by atoms with E-state index in [9.17, 15) is 14.0 Å². The number of nitrogens with two attached hydrogens (primary N) is 1. The zero-order valence-electron chi connectivity index (χ0n) is 8.18. The molecule has 0 saturated carbocycles. The fourth-order valence-corrected chi connectivity index (χ4v) is 0.945. The normalized spacial score (nSPS) is 11.9. The van der Waals surface area contributed by atoms with Crippen molar-refractivity contribution in [1.29, 1.82) is 0 Å². The van der Waals surface area contributed by atoms with Gasteiger partial charge in [0.15, 0.2) is 5.82 Å². The first-order valence-corrected chi connectivity index (χ1v) is 4.37. The predicted octanol–water partition coefficient (Wildman–Crippen LogP) is -1.20. The molecule has 0 aromatic carbocycles. The summed E-state index contributed by atoms with van der Waals surface area (Å²) in [6.07, 6.45) is 0.649. The molecule has 0 fully saturated rings. The van der Waals surface area contributed by atoms with Crippen molar-refractivity contribution in [3.63, 3.8) is 0 Å². The van der Waals surface area contributed by atoms with Crippen LogP contribution >= 0.6 is 0 Å². The van der Waals surface area contributed by atoms with Gasteiger partial charge >= 0.3 is 0 Å². The lowest BCUT2D eigenvalue weighted by molar-refractivity contribution is -0.125. The van der Waals surface area contributed by atoms with Crippen LogP contribution in [0.15, 0.2) is 18.5 Å². The number of aliphatic hydroxyl groups is 1. The minimum absolute atomic E-state index is 0.216.